The predicted molar refractivity (Wildman–Crippen MR) is 89.1 cm³/mol. The molecule has 4 heterocycles. The Morgan fingerprint density at radius 2 is 2.17 bits per heavy atom. The van der Waals surface area contributed by atoms with Crippen LogP contribution >= 0.6 is 0 Å². The Labute approximate surface area is 138 Å². The lowest BCUT2D eigenvalue weighted by atomic mass is 10.2. The molecule has 8 heteroatoms. The van der Waals surface area contributed by atoms with Crippen molar-refractivity contribution in [3.63, 3.8) is 0 Å². The van der Waals surface area contributed by atoms with Crippen LogP contribution in [0.2, 0.25) is 0 Å². The van der Waals surface area contributed by atoms with Gasteiger partial charge in [0.2, 0.25) is 11.9 Å². The fraction of sp³-hybridized carbons (Fsp3) is 0.375. The van der Waals surface area contributed by atoms with Gasteiger partial charge in [0.15, 0.2) is 6.17 Å². The van der Waals surface area contributed by atoms with Gasteiger partial charge in [-0.15, -0.1) is 0 Å². The molecule has 0 spiro atoms. The number of nitrogens with zero attached hydrogens (tertiary/aromatic N) is 5. The van der Waals surface area contributed by atoms with Gasteiger partial charge in [-0.25, -0.2) is 9.98 Å². The molecule has 1 saturated heterocycles. The van der Waals surface area contributed by atoms with E-state index < -0.39 is 6.17 Å². The highest BCUT2D eigenvalue weighted by Gasteiger charge is 2.28. The zero-order valence-electron chi connectivity index (χ0n) is 13.3. The summed E-state index contributed by atoms with van der Waals surface area (Å²) in [5.41, 5.74) is 1.38. The van der Waals surface area contributed by atoms with E-state index in [4.69, 9.17) is 9.73 Å². The highest BCUT2D eigenvalue weighted by atomic mass is 16.5. The number of nitrogens with one attached hydrogen (secondary N) is 1. The van der Waals surface area contributed by atoms with Crippen LogP contribution in [0.3, 0.4) is 0 Å². The molecule has 8 nitrogen and oxygen atoms in total. The minimum absolute atomic E-state index is 0.136. The molecule has 2 aliphatic rings. The molecule has 24 heavy (non-hydrogen) atoms. The fourth-order valence-corrected chi connectivity index (χ4v) is 2.92. The maximum Gasteiger partial charge on any atom is 0.257 e. The molecule has 2 aromatic heterocycles. The Morgan fingerprint density at radius 1 is 1.33 bits per heavy atom. The first-order valence-electron chi connectivity index (χ1n) is 7.90. The van der Waals surface area contributed by atoms with Gasteiger partial charge in [-0.2, -0.15) is 0 Å². The maximum atomic E-state index is 12.5. The van der Waals surface area contributed by atoms with Crippen molar-refractivity contribution < 1.29 is 4.74 Å². The second kappa shape index (κ2) is 6.04. The number of morpholine rings is 1. The lowest BCUT2D eigenvalue weighted by molar-refractivity contribution is 0.0675. The first-order chi connectivity index (χ1) is 11.7. The number of aliphatic imine (C=N–C) groups is 1. The van der Waals surface area contributed by atoms with E-state index in [9.17, 15) is 4.79 Å². The van der Waals surface area contributed by atoms with Crippen LogP contribution in [-0.4, -0.2) is 51.7 Å². The third-order valence-corrected chi connectivity index (χ3v) is 4.09. The molecule has 0 aliphatic carbocycles. The predicted octanol–water partition coefficient (Wildman–Crippen LogP) is 0.607. The van der Waals surface area contributed by atoms with Crippen molar-refractivity contribution in [3.05, 3.63) is 52.2 Å². The van der Waals surface area contributed by atoms with Gasteiger partial charge in [-0.3, -0.25) is 19.7 Å². The summed E-state index contributed by atoms with van der Waals surface area (Å²) in [5, 5.41) is 3.20. The number of aromatic nitrogens is 3. The molecule has 2 aromatic rings. The van der Waals surface area contributed by atoms with Gasteiger partial charge in [-0.05, 0) is 13.0 Å². The van der Waals surface area contributed by atoms with Crippen molar-refractivity contribution in [1.82, 2.24) is 19.4 Å². The minimum atomic E-state index is -0.478. The van der Waals surface area contributed by atoms with Crippen molar-refractivity contribution >= 4 is 11.9 Å². The number of pyridine rings is 1. The molecule has 0 amide bonds. The van der Waals surface area contributed by atoms with Crippen LogP contribution in [0.15, 0.2) is 40.4 Å². The van der Waals surface area contributed by atoms with Crippen LogP contribution < -0.4 is 10.9 Å². The number of guanidine groups is 1. The molecule has 0 unspecified atom stereocenters. The van der Waals surface area contributed by atoms with Crippen LogP contribution in [0.4, 0.5) is 5.95 Å². The standard InChI is InChI=1S/C16H18N6O2/c1-11-9-13(23)22-14(12-3-2-4-17-10-12)19-15(20-16(22)18-11)21-5-7-24-8-6-21/h2-4,9-10,14H,5-8H2,1H3,(H,18,19,20)/t14-/m0/s1. The van der Waals surface area contributed by atoms with E-state index in [-0.39, 0.29) is 5.56 Å². The van der Waals surface area contributed by atoms with Crippen molar-refractivity contribution in [2.24, 2.45) is 4.99 Å². The molecule has 0 bridgehead atoms. The Morgan fingerprint density at radius 3 is 2.92 bits per heavy atom. The normalized spacial score (nSPS) is 20.1. The van der Waals surface area contributed by atoms with Crippen molar-refractivity contribution in [2.75, 3.05) is 31.6 Å². The van der Waals surface area contributed by atoms with Crippen LogP contribution in [0.5, 0.6) is 0 Å². The zero-order chi connectivity index (χ0) is 16.5. The average molecular weight is 326 g/mol. The number of anilines is 1. The third-order valence-electron chi connectivity index (χ3n) is 4.09. The summed E-state index contributed by atoms with van der Waals surface area (Å²) < 4.78 is 6.97. The van der Waals surface area contributed by atoms with Gasteiger partial charge >= 0.3 is 0 Å². The topological polar surface area (TPSA) is 84.6 Å². The van der Waals surface area contributed by atoms with E-state index in [0.29, 0.717) is 30.8 Å². The Balaban J connectivity index is 1.82. The van der Waals surface area contributed by atoms with E-state index in [1.54, 1.807) is 17.0 Å². The van der Waals surface area contributed by atoms with E-state index in [2.05, 4.69) is 20.2 Å². The zero-order valence-corrected chi connectivity index (χ0v) is 13.3. The molecule has 1 N–H and O–H groups in total. The van der Waals surface area contributed by atoms with Gasteiger partial charge < -0.3 is 9.64 Å². The van der Waals surface area contributed by atoms with Gasteiger partial charge in [0, 0.05) is 42.8 Å². The maximum absolute atomic E-state index is 12.5. The average Bonchev–Trinajstić information content (AvgIpc) is 2.62. The largest absolute Gasteiger partial charge is 0.378 e. The van der Waals surface area contributed by atoms with E-state index in [0.717, 1.165) is 18.7 Å². The number of hydrogen-bond acceptors (Lipinski definition) is 7. The monoisotopic (exact) mass is 326 g/mol. The molecule has 2 aliphatic heterocycles. The summed E-state index contributed by atoms with van der Waals surface area (Å²) in [6, 6.07) is 5.27. The molecule has 1 fully saturated rings. The summed E-state index contributed by atoms with van der Waals surface area (Å²) in [6.45, 7) is 4.63. The second-order valence-electron chi connectivity index (χ2n) is 5.77. The molecular formula is C16H18N6O2. The van der Waals surface area contributed by atoms with Gasteiger partial charge in [0.05, 0.1) is 13.2 Å². The van der Waals surface area contributed by atoms with Crippen LogP contribution in [-0.2, 0) is 4.74 Å². The third kappa shape index (κ3) is 2.65. The number of ether oxygens (including phenoxy) is 1. The van der Waals surface area contributed by atoms with E-state index in [1.165, 1.54) is 6.07 Å². The summed E-state index contributed by atoms with van der Waals surface area (Å²) >= 11 is 0. The quantitative estimate of drug-likeness (QED) is 0.826. The SMILES string of the molecule is Cc1cc(=O)n2c(n1)NC(N1CCOCC1)=N[C@@H]2c1cccnc1. The van der Waals surface area contributed by atoms with E-state index >= 15 is 0 Å². The molecule has 0 radical (unpaired) electrons. The fourth-order valence-electron chi connectivity index (χ4n) is 2.92. The Kier molecular flexibility index (Phi) is 3.73. The van der Waals surface area contributed by atoms with Crippen LogP contribution in [0.25, 0.3) is 0 Å². The van der Waals surface area contributed by atoms with E-state index in [1.807, 2.05) is 19.1 Å². The minimum Gasteiger partial charge on any atom is -0.378 e. The van der Waals surface area contributed by atoms with Crippen LogP contribution in [0.1, 0.15) is 17.4 Å². The Bertz CT molecular complexity index is 826. The summed E-state index contributed by atoms with van der Waals surface area (Å²) in [5.74, 6) is 1.22. The summed E-state index contributed by atoms with van der Waals surface area (Å²) in [6.07, 6.45) is 2.95. The molecule has 124 valence electrons. The first kappa shape index (κ1) is 14.8. The first-order valence-corrected chi connectivity index (χ1v) is 7.90. The summed E-state index contributed by atoms with van der Waals surface area (Å²) in [4.78, 5) is 28.0. The molecule has 4 rings (SSSR count). The summed E-state index contributed by atoms with van der Waals surface area (Å²) in [7, 11) is 0. The number of aryl methyl sites for hydroxylation is 1. The lowest BCUT2D eigenvalue weighted by Gasteiger charge is -2.34. The number of hydrogen-bond donors (Lipinski definition) is 1. The molecule has 0 aromatic carbocycles. The smallest absolute Gasteiger partial charge is 0.257 e. The van der Waals surface area contributed by atoms with Gasteiger partial charge in [-0.1, -0.05) is 6.07 Å². The molecular weight excluding hydrogens is 308 g/mol. The Hall–Kier alpha value is -2.74. The number of rotatable bonds is 1. The second-order valence-corrected chi connectivity index (χ2v) is 5.77. The van der Waals surface area contributed by atoms with Crippen molar-refractivity contribution in [1.29, 1.82) is 0 Å². The van der Waals surface area contributed by atoms with Crippen molar-refractivity contribution in [3.8, 4) is 0 Å². The number of fused-ring (bicyclic) bond motifs is 1. The van der Waals surface area contributed by atoms with Gasteiger partial charge in [0.1, 0.15) is 0 Å². The molecule has 0 saturated carbocycles. The van der Waals surface area contributed by atoms with Crippen molar-refractivity contribution in [2.45, 2.75) is 13.1 Å². The van der Waals surface area contributed by atoms with Crippen LogP contribution in [0, 0.1) is 6.92 Å². The highest BCUT2D eigenvalue weighted by Crippen LogP contribution is 2.25. The lowest BCUT2D eigenvalue weighted by Crippen LogP contribution is -2.47. The molecule has 1 atom stereocenters. The van der Waals surface area contributed by atoms with Gasteiger partial charge in [0.25, 0.3) is 5.56 Å². The highest BCUT2D eigenvalue weighted by molar-refractivity contribution is 5.93.